The van der Waals surface area contributed by atoms with Crippen molar-refractivity contribution in [2.45, 2.75) is 25.7 Å². The van der Waals surface area contributed by atoms with E-state index in [1.807, 2.05) is 0 Å². The fourth-order valence-electron chi connectivity index (χ4n) is 2.78. The molecule has 0 aliphatic heterocycles. The molecular weight excluding hydrogens is 242 g/mol. The van der Waals surface area contributed by atoms with E-state index in [4.69, 9.17) is 5.73 Å². The number of aromatic nitrogens is 1. The number of carbonyl (C=O) groups is 1. The number of nitrogens with one attached hydrogen (secondary N) is 2. The maximum Gasteiger partial charge on any atom is 0.256 e. The molecule has 19 heavy (non-hydrogen) atoms. The molecule has 1 fully saturated rings. The number of hydrogen-bond acceptors (Lipinski definition) is 3. The number of pyridine rings is 1. The average molecular weight is 263 g/mol. The quantitative estimate of drug-likeness (QED) is 0.753. The number of nitrogens with two attached hydrogens (primary N) is 1. The van der Waals surface area contributed by atoms with Crippen molar-refractivity contribution in [3.8, 4) is 0 Å². The standard InChI is InChI=1S/C14H21N3O2/c15-7-10-3-1-2-4-11(10)8-17-14(19)12-9-16-6-5-13(12)18/h5-6,9-11H,1-4,7-8,15H2,(H,16,18)(H,17,19). The lowest BCUT2D eigenvalue weighted by Crippen LogP contribution is -2.38. The van der Waals surface area contributed by atoms with E-state index in [2.05, 4.69) is 10.3 Å². The van der Waals surface area contributed by atoms with Gasteiger partial charge >= 0.3 is 0 Å². The molecule has 1 aliphatic rings. The molecule has 1 saturated carbocycles. The third-order valence-electron chi connectivity index (χ3n) is 3.96. The van der Waals surface area contributed by atoms with Gasteiger partial charge in [0.1, 0.15) is 5.56 Å². The Balaban J connectivity index is 1.93. The van der Waals surface area contributed by atoms with Gasteiger partial charge in [0.15, 0.2) is 5.43 Å². The van der Waals surface area contributed by atoms with Gasteiger partial charge in [-0.15, -0.1) is 0 Å². The van der Waals surface area contributed by atoms with E-state index < -0.39 is 0 Å². The summed E-state index contributed by atoms with van der Waals surface area (Å²) in [6.07, 6.45) is 7.63. The van der Waals surface area contributed by atoms with Crippen LogP contribution in [-0.4, -0.2) is 24.0 Å². The summed E-state index contributed by atoms with van der Waals surface area (Å²) in [6, 6.07) is 1.36. The normalized spacial score (nSPS) is 23.0. The number of hydrogen-bond donors (Lipinski definition) is 3. The van der Waals surface area contributed by atoms with E-state index >= 15 is 0 Å². The molecule has 2 unspecified atom stereocenters. The Morgan fingerprint density at radius 2 is 2.11 bits per heavy atom. The van der Waals surface area contributed by atoms with Crippen LogP contribution >= 0.6 is 0 Å². The van der Waals surface area contributed by atoms with Crippen LogP contribution in [-0.2, 0) is 0 Å². The Kier molecular flexibility index (Phi) is 4.74. The van der Waals surface area contributed by atoms with E-state index in [-0.39, 0.29) is 16.9 Å². The molecular formula is C14H21N3O2. The van der Waals surface area contributed by atoms with Crippen molar-refractivity contribution in [3.05, 3.63) is 34.2 Å². The number of rotatable bonds is 4. The third kappa shape index (κ3) is 3.44. The van der Waals surface area contributed by atoms with Crippen molar-refractivity contribution in [3.63, 3.8) is 0 Å². The Hall–Kier alpha value is -1.62. The molecule has 5 nitrogen and oxygen atoms in total. The van der Waals surface area contributed by atoms with Gasteiger partial charge in [-0.1, -0.05) is 12.8 Å². The first-order valence-electron chi connectivity index (χ1n) is 6.87. The molecule has 5 heteroatoms. The van der Waals surface area contributed by atoms with Crippen LogP contribution in [0.25, 0.3) is 0 Å². The summed E-state index contributed by atoms with van der Waals surface area (Å²) >= 11 is 0. The zero-order valence-electron chi connectivity index (χ0n) is 11.0. The molecule has 2 atom stereocenters. The van der Waals surface area contributed by atoms with Crippen molar-refractivity contribution in [2.24, 2.45) is 17.6 Å². The molecule has 4 N–H and O–H groups in total. The van der Waals surface area contributed by atoms with Gasteiger partial charge < -0.3 is 16.0 Å². The first-order valence-corrected chi connectivity index (χ1v) is 6.87. The van der Waals surface area contributed by atoms with Gasteiger partial charge in [-0.3, -0.25) is 9.59 Å². The van der Waals surface area contributed by atoms with E-state index in [0.29, 0.717) is 24.9 Å². The van der Waals surface area contributed by atoms with Crippen LogP contribution in [0.3, 0.4) is 0 Å². The number of carbonyl (C=O) groups excluding carboxylic acids is 1. The maximum absolute atomic E-state index is 11.9. The first kappa shape index (κ1) is 13.8. The van der Waals surface area contributed by atoms with E-state index in [1.165, 1.54) is 31.3 Å². The lowest BCUT2D eigenvalue weighted by atomic mass is 9.79. The summed E-state index contributed by atoms with van der Waals surface area (Å²) in [5.74, 6) is 0.622. The first-order chi connectivity index (χ1) is 9.22. The van der Waals surface area contributed by atoms with Gasteiger partial charge in [-0.25, -0.2) is 0 Å². The van der Waals surface area contributed by atoms with E-state index in [1.54, 1.807) is 0 Å². The number of amides is 1. The molecule has 0 spiro atoms. The molecule has 1 aromatic heterocycles. The van der Waals surface area contributed by atoms with E-state index in [9.17, 15) is 9.59 Å². The lowest BCUT2D eigenvalue weighted by molar-refractivity contribution is 0.0933. The minimum absolute atomic E-state index is 0.169. The summed E-state index contributed by atoms with van der Waals surface area (Å²) in [7, 11) is 0. The highest BCUT2D eigenvalue weighted by Gasteiger charge is 2.24. The molecule has 2 rings (SSSR count). The maximum atomic E-state index is 11.9. The van der Waals surface area contributed by atoms with Gasteiger partial charge in [-0.05, 0) is 31.2 Å². The second-order valence-electron chi connectivity index (χ2n) is 5.17. The van der Waals surface area contributed by atoms with Crippen molar-refractivity contribution in [1.29, 1.82) is 0 Å². The minimum Gasteiger partial charge on any atom is -0.367 e. The summed E-state index contributed by atoms with van der Waals surface area (Å²) in [4.78, 5) is 26.2. The SMILES string of the molecule is NCC1CCCCC1CNC(=O)c1c[nH]ccc1=O. The minimum atomic E-state index is -0.303. The summed E-state index contributed by atoms with van der Waals surface area (Å²) in [5, 5.41) is 2.86. The van der Waals surface area contributed by atoms with Crippen LogP contribution in [0.1, 0.15) is 36.0 Å². The lowest BCUT2D eigenvalue weighted by Gasteiger charge is -2.30. The van der Waals surface area contributed by atoms with Crippen molar-refractivity contribution in [1.82, 2.24) is 10.3 Å². The zero-order chi connectivity index (χ0) is 13.7. The Bertz CT molecular complexity index is 484. The molecule has 1 heterocycles. The van der Waals surface area contributed by atoms with Crippen LogP contribution in [0, 0.1) is 11.8 Å². The largest absolute Gasteiger partial charge is 0.367 e. The van der Waals surface area contributed by atoms with Crippen molar-refractivity contribution < 1.29 is 4.79 Å². The number of H-pyrrole nitrogens is 1. The molecule has 1 aromatic rings. The molecule has 1 amide bonds. The molecule has 0 saturated heterocycles. The highest BCUT2D eigenvalue weighted by atomic mass is 16.2. The Morgan fingerprint density at radius 1 is 1.37 bits per heavy atom. The van der Waals surface area contributed by atoms with Gasteiger partial charge in [0.25, 0.3) is 5.91 Å². The topological polar surface area (TPSA) is 88.0 Å². The van der Waals surface area contributed by atoms with Crippen molar-refractivity contribution in [2.75, 3.05) is 13.1 Å². The van der Waals surface area contributed by atoms with Gasteiger partial charge in [0, 0.05) is 25.0 Å². The Morgan fingerprint density at radius 3 is 2.79 bits per heavy atom. The van der Waals surface area contributed by atoms with Crippen LogP contribution in [0.5, 0.6) is 0 Å². The van der Waals surface area contributed by atoms with Crippen LogP contribution < -0.4 is 16.5 Å². The second-order valence-corrected chi connectivity index (χ2v) is 5.17. The highest BCUT2D eigenvalue weighted by Crippen LogP contribution is 2.28. The van der Waals surface area contributed by atoms with Crippen LogP contribution in [0.15, 0.2) is 23.3 Å². The summed E-state index contributed by atoms with van der Waals surface area (Å²) < 4.78 is 0. The third-order valence-corrected chi connectivity index (χ3v) is 3.96. The second kappa shape index (κ2) is 6.52. The van der Waals surface area contributed by atoms with Crippen molar-refractivity contribution >= 4 is 5.91 Å². The highest BCUT2D eigenvalue weighted by molar-refractivity contribution is 5.93. The van der Waals surface area contributed by atoms with E-state index in [0.717, 1.165) is 12.8 Å². The predicted octanol–water partition coefficient (Wildman–Crippen LogP) is 0.870. The molecule has 104 valence electrons. The van der Waals surface area contributed by atoms with Crippen LogP contribution in [0.2, 0.25) is 0 Å². The van der Waals surface area contributed by atoms with Gasteiger partial charge in [0.2, 0.25) is 0 Å². The van der Waals surface area contributed by atoms with Crippen LogP contribution in [0.4, 0.5) is 0 Å². The average Bonchev–Trinajstić information content (AvgIpc) is 2.45. The summed E-state index contributed by atoms with van der Waals surface area (Å²) in [6.45, 7) is 1.28. The Labute approximate surface area is 112 Å². The smallest absolute Gasteiger partial charge is 0.256 e. The van der Waals surface area contributed by atoms with Gasteiger partial charge in [-0.2, -0.15) is 0 Å². The zero-order valence-corrected chi connectivity index (χ0v) is 11.0. The molecule has 0 radical (unpaired) electrons. The predicted molar refractivity (Wildman–Crippen MR) is 73.9 cm³/mol. The fourth-order valence-corrected chi connectivity index (χ4v) is 2.78. The molecule has 0 aromatic carbocycles. The summed E-state index contributed by atoms with van der Waals surface area (Å²) in [5.41, 5.74) is 5.68. The molecule has 0 bridgehead atoms. The molecule has 1 aliphatic carbocycles. The fraction of sp³-hybridized carbons (Fsp3) is 0.571. The number of aromatic amines is 1. The monoisotopic (exact) mass is 263 g/mol. The van der Waals surface area contributed by atoms with Gasteiger partial charge in [0.05, 0.1) is 0 Å².